The predicted octanol–water partition coefficient (Wildman–Crippen LogP) is 3.60. The van der Waals surface area contributed by atoms with E-state index in [0.29, 0.717) is 22.8 Å². The zero-order valence-electron chi connectivity index (χ0n) is 17.6. The Morgan fingerprint density at radius 2 is 2.00 bits per heavy atom. The normalized spacial score (nSPS) is 13.4. The molecule has 4 rings (SSSR count). The molecule has 0 saturated carbocycles. The second-order valence-corrected chi connectivity index (χ2v) is 8.56. The number of aromatic nitrogens is 2. The molecule has 0 fully saturated rings. The molecule has 9 heteroatoms. The Hall–Kier alpha value is -2.68. The van der Waals surface area contributed by atoms with Crippen molar-refractivity contribution in [1.29, 1.82) is 0 Å². The van der Waals surface area contributed by atoms with Gasteiger partial charge in [0.25, 0.3) is 11.8 Å². The van der Waals surface area contributed by atoms with Crippen LogP contribution < -0.4 is 11.1 Å². The van der Waals surface area contributed by atoms with Crippen molar-refractivity contribution in [2.45, 2.75) is 39.9 Å². The van der Waals surface area contributed by atoms with Crippen LogP contribution in [-0.4, -0.2) is 33.0 Å². The number of carbonyl (C=O) groups excluding carboxylic acids is 2. The summed E-state index contributed by atoms with van der Waals surface area (Å²) >= 11 is 1.44. The number of primary amides is 1. The molecular weight excluding hydrogens is 434 g/mol. The molecule has 2 aromatic heterocycles. The standard InChI is InChI=1S/C22H25N5O2S.ClH/c1-3-27-14(2)11-17(25-27)21(29)24-22-19(20(23)28)16-9-10-26(13-18(16)30-22)12-15-7-5-4-6-8-15;/h4-8,11H,3,9-10,12-13H2,1-2H3,(H2,23,28)(H,24,29);1H. The fraction of sp³-hybridized carbons (Fsp3) is 0.318. The van der Waals surface area contributed by atoms with Gasteiger partial charge in [0.05, 0.1) is 5.56 Å². The number of hydrogen-bond donors (Lipinski definition) is 2. The number of thiophene rings is 1. The molecule has 7 nitrogen and oxygen atoms in total. The fourth-order valence-corrected chi connectivity index (χ4v) is 5.18. The maximum Gasteiger partial charge on any atom is 0.276 e. The molecule has 0 aliphatic carbocycles. The van der Waals surface area contributed by atoms with Crippen molar-refractivity contribution in [1.82, 2.24) is 14.7 Å². The van der Waals surface area contributed by atoms with Gasteiger partial charge in [-0.25, -0.2) is 0 Å². The van der Waals surface area contributed by atoms with Gasteiger partial charge in [-0.3, -0.25) is 19.2 Å². The quantitative estimate of drug-likeness (QED) is 0.588. The van der Waals surface area contributed by atoms with Gasteiger partial charge in [0.1, 0.15) is 5.00 Å². The SMILES string of the molecule is CCn1nc(C(=O)Nc2sc3c(c2C(N)=O)CCN(Cc2ccccc2)C3)cc1C.Cl. The highest BCUT2D eigenvalue weighted by Gasteiger charge is 2.28. The molecule has 3 aromatic rings. The average Bonchev–Trinajstić information content (AvgIpc) is 3.28. The van der Waals surface area contributed by atoms with E-state index < -0.39 is 5.91 Å². The first kappa shape index (κ1) is 23.0. The Labute approximate surface area is 191 Å². The molecule has 3 N–H and O–H groups in total. The number of nitrogens with zero attached hydrogens (tertiary/aromatic N) is 3. The van der Waals surface area contributed by atoms with E-state index in [2.05, 4.69) is 27.4 Å². The molecule has 164 valence electrons. The minimum atomic E-state index is -0.505. The highest BCUT2D eigenvalue weighted by atomic mass is 35.5. The van der Waals surface area contributed by atoms with E-state index in [1.165, 1.54) is 16.9 Å². The van der Waals surface area contributed by atoms with E-state index in [1.54, 1.807) is 10.7 Å². The molecule has 0 unspecified atom stereocenters. The lowest BCUT2D eigenvalue weighted by molar-refractivity contribution is 0.0999. The van der Waals surface area contributed by atoms with Crippen LogP contribution in [0.15, 0.2) is 36.4 Å². The van der Waals surface area contributed by atoms with Crippen LogP contribution in [0.5, 0.6) is 0 Å². The summed E-state index contributed by atoms with van der Waals surface area (Å²) in [4.78, 5) is 28.4. The summed E-state index contributed by atoms with van der Waals surface area (Å²) in [6.07, 6.45) is 0.733. The van der Waals surface area contributed by atoms with Gasteiger partial charge in [-0.1, -0.05) is 30.3 Å². The number of hydrogen-bond acceptors (Lipinski definition) is 5. The van der Waals surface area contributed by atoms with Gasteiger partial charge in [-0.2, -0.15) is 5.10 Å². The Morgan fingerprint density at radius 3 is 2.65 bits per heavy atom. The van der Waals surface area contributed by atoms with E-state index in [-0.39, 0.29) is 18.3 Å². The van der Waals surface area contributed by atoms with Crippen molar-refractivity contribution in [3.8, 4) is 0 Å². The monoisotopic (exact) mass is 459 g/mol. The summed E-state index contributed by atoms with van der Waals surface area (Å²) in [5, 5.41) is 7.72. The van der Waals surface area contributed by atoms with Gasteiger partial charge in [0, 0.05) is 36.8 Å². The Balaban J connectivity index is 0.00000272. The minimum Gasteiger partial charge on any atom is -0.365 e. The first-order chi connectivity index (χ1) is 14.5. The second-order valence-electron chi connectivity index (χ2n) is 7.46. The molecule has 0 saturated heterocycles. The number of aryl methyl sites for hydroxylation is 2. The van der Waals surface area contributed by atoms with Crippen LogP contribution in [-0.2, 0) is 26.1 Å². The number of nitrogens with two attached hydrogens (primary N) is 1. The molecule has 31 heavy (non-hydrogen) atoms. The highest BCUT2D eigenvalue weighted by Crippen LogP contribution is 2.37. The van der Waals surface area contributed by atoms with Gasteiger partial charge in [-0.05, 0) is 37.5 Å². The Kier molecular flexibility index (Phi) is 7.15. The number of carbonyl (C=O) groups is 2. The molecule has 0 atom stereocenters. The minimum absolute atomic E-state index is 0. The van der Waals surface area contributed by atoms with Crippen molar-refractivity contribution in [2.75, 3.05) is 11.9 Å². The summed E-state index contributed by atoms with van der Waals surface area (Å²) in [5.74, 6) is -0.831. The molecule has 0 radical (unpaired) electrons. The largest absolute Gasteiger partial charge is 0.365 e. The molecule has 2 amide bonds. The van der Waals surface area contributed by atoms with Crippen molar-refractivity contribution >= 4 is 40.6 Å². The Bertz CT molecular complexity index is 1090. The fourth-order valence-electron chi connectivity index (χ4n) is 3.89. The van der Waals surface area contributed by atoms with Crippen molar-refractivity contribution in [2.24, 2.45) is 5.73 Å². The van der Waals surface area contributed by atoms with Crippen LogP contribution in [0.1, 0.15) is 49.5 Å². The van der Waals surface area contributed by atoms with Crippen molar-refractivity contribution < 1.29 is 9.59 Å². The summed E-state index contributed by atoms with van der Waals surface area (Å²) in [6.45, 7) is 6.99. The van der Waals surface area contributed by atoms with E-state index in [0.717, 1.165) is 42.2 Å². The summed E-state index contributed by atoms with van der Waals surface area (Å²) in [5.41, 5.74) is 9.59. The first-order valence-electron chi connectivity index (χ1n) is 10.0. The van der Waals surface area contributed by atoms with Gasteiger partial charge in [0.2, 0.25) is 0 Å². The summed E-state index contributed by atoms with van der Waals surface area (Å²) < 4.78 is 1.77. The number of fused-ring (bicyclic) bond motifs is 1. The van der Waals surface area contributed by atoms with Crippen molar-refractivity contribution in [3.05, 3.63) is 69.4 Å². The van der Waals surface area contributed by atoms with E-state index in [1.807, 2.05) is 32.0 Å². The van der Waals surface area contributed by atoms with E-state index in [4.69, 9.17) is 5.73 Å². The number of nitrogens with one attached hydrogen (secondary N) is 1. The highest BCUT2D eigenvalue weighted by molar-refractivity contribution is 7.17. The molecule has 3 heterocycles. The van der Waals surface area contributed by atoms with Gasteiger partial charge >= 0.3 is 0 Å². The average molecular weight is 460 g/mol. The first-order valence-corrected chi connectivity index (χ1v) is 10.8. The molecular formula is C22H26ClN5O2S. The van der Waals surface area contributed by atoms with Crippen LogP contribution in [0.3, 0.4) is 0 Å². The summed E-state index contributed by atoms with van der Waals surface area (Å²) in [6, 6.07) is 12.1. The smallest absolute Gasteiger partial charge is 0.276 e. The van der Waals surface area contributed by atoms with Crippen LogP contribution in [0.25, 0.3) is 0 Å². The number of anilines is 1. The predicted molar refractivity (Wildman–Crippen MR) is 125 cm³/mol. The maximum atomic E-state index is 12.7. The zero-order valence-corrected chi connectivity index (χ0v) is 19.2. The van der Waals surface area contributed by atoms with Gasteiger partial charge < -0.3 is 11.1 Å². The van der Waals surface area contributed by atoms with E-state index >= 15 is 0 Å². The Morgan fingerprint density at radius 1 is 1.26 bits per heavy atom. The van der Waals surface area contributed by atoms with Crippen LogP contribution in [0.4, 0.5) is 5.00 Å². The van der Waals surface area contributed by atoms with Crippen LogP contribution in [0, 0.1) is 6.92 Å². The lowest BCUT2D eigenvalue weighted by Crippen LogP contribution is -2.30. The van der Waals surface area contributed by atoms with E-state index in [9.17, 15) is 9.59 Å². The third-order valence-electron chi connectivity index (χ3n) is 5.37. The molecule has 1 aromatic carbocycles. The van der Waals surface area contributed by atoms with Crippen LogP contribution in [0.2, 0.25) is 0 Å². The summed E-state index contributed by atoms with van der Waals surface area (Å²) in [7, 11) is 0. The lowest BCUT2D eigenvalue weighted by atomic mass is 10.0. The van der Waals surface area contributed by atoms with Crippen LogP contribution >= 0.6 is 23.7 Å². The van der Waals surface area contributed by atoms with Crippen molar-refractivity contribution in [3.63, 3.8) is 0 Å². The van der Waals surface area contributed by atoms with Gasteiger partial charge in [0.15, 0.2) is 5.69 Å². The molecule has 0 spiro atoms. The topological polar surface area (TPSA) is 93.2 Å². The second kappa shape index (κ2) is 9.64. The third kappa shape index (κ3) is 4.81. The zero-order chi connectivity index (χ0) is 21.3. The number of rotatable bonds is 6. The van der Waals surface area contributed by atoms with Gasteiger partial charge in [-0.15, -0.1) is 23.7 Å². The number of amides is 2. The molecule has 1 aliphatic heterocycles. The maximum absolute atomic E-state index is 12.7. The number of benzene rings is 1. The molecule has 0 bridgehead atoms. The molecule has 1 aliphatic rings. The lowest BCUT2D eigenvalue weighted by Gasteiger charge is -2.27. The number of halogens is 1. The third-order valence-corrected chi connectivity index (χ3v) is 6.50.